The van der Waals surface area contributed by atoms with E-state index < -0.39 is 0 Å². The lowest BCUT2D eigenvalue weighted by Gasteiger charge is -2.08. The van der Waals surface area contributed by atoms with Crippen LogP contribution in [-0.2, 0) is 9.53 Å². The minimum atomic E-state index is -0.184. The Morgan fingerprint density at radius 3 is 2.30 bits per heavy atom. The van der Waals surface area contributed by atoms with Gasteiger partial charge in [-0.2, -0.15) is 0 Å². The molecule has 2 aromatic rings. The molecule has 0 radical (unpaired) electrons. The lowest BCUT2D eigenvalue weighted by molar-refractivity contribution is -0.134. The third-order valence-corrected chi connectivity index (χ3v) is 5.59. The summed E-state index contributed by atoms with van der Waals surface area (Å²) in [5.41, 5.74) is 0.857. The first-order chi connectivity index (χ1) is 16.1. The fraction of sp³-hybridized carbons (Fsp3) is 0.593. The van der Waals surface area contributed by atoms with Crippen molar-refractivity contribution in [1.29, 1.82) is 0 Å². The van der Waals surface area contributed by atoms with E-state index in [1.165, 1.54) is 19.3 Å². The molecule has 1 unspecified atom stereocenters. The van der Waals surface area contributed by atoms with Crippen LogP contribution in [-0.4, -0.2) is 35.8 Å². The molecule has 33 heavy (non-hydrogen) atoms. The van der Waals surface area contributed by atoms with Crippen LogP contribution in [0, 0.1) is 5.92 Å². The number of rotatable bonds is 17. The van der Waals surface area contributed by atoms with Crippen LogP contribution in [0.1, 0.15) is 78.6 Å². The molecule has 182 valence electrons. The van der Waals surface area contributed by atoms with E-state index in [1.807, 2.05) is 12.1 Å². The molecule has 0 amide bonds. The second-order valence-corrected chi connectivity index (χ2v) is 8.52. The molecule has 0 aliphatic rings. The van der Waals surface area contributed by atoms with E-state index in [-0.39, 0.29) is 5.97 Å². The monoisotopic (exact) mass is 456 g/mol. The summed E-state index contributed by atoms with van der Waals surface area (Å²) in [6, 6.07) is 7.27. The summed E-state index contributed by atoms with van der Waals surface area (Å²) in [7, 11) is 0. The van der Waals surface area contributed by atoms with Gasteiger partial charge in [-0.25, -0.2) is 9.97 Å². The fourth-order valence-electron chi connectivity index (χ4n) is 3.27. The van der Waals surface area contributed by atoms with Crippen LogP contribution in [0.4, 0.5) is 0 Å². The molecule has 1 atom stereocenters. The van der Waals surface area contributed by atoms with Gasteiger partial charge in [0.1, 0.15) is 5.75 Å². The second-order valence-electron chi connectivity index (χ2n) is 8.52. The van der Waals surface area contributed by atoms with E-state index in [2.05, 4.69) is 30.7 Å². The Kier molecular flexibility index (Phi) is 13.1. The maximum absolute atomic E-state index is 12.0. The summed E-state index contributed by atoms with van der Waals surface area (Å²) in [5.74, 6) is 2.32. The first kappa shape index (κ1) is 26.8. The second kappa shape index (κ2) is 16.2. The maximum atomic E-state index is 12.0. The third-order valence-electron chi connectivity index (χ3n) is 5.59. The number of nitrogens with zero attached hydrogens (tertiary/aromatic N) is 2. The average Bonchev–Trinajstić information content (AvgIpc) is 2.84. The molecule has 0 aliphatic carbocycles. The summed E-state index contributed by atoms with van der Waals surface area (Å²) in [4.78, 5) is 20.8. The summed E-state index contributed by atoms with van der Waals surface area (Å²) >= 11 is 0. The van der Waals surface area contributed by atoms with E-state index in [9.17, 15) is 4.79 Å². The van der Waals surface area contributed by atoms with Crippen molar-refractivity contribution in [2.75, 3.05) is 19.8 Å². The summed E-state index contributed by atoms with van der Waals surface area (Å²) in [6.07, 6.45) is 12.5. The molecule has 0 fully saturated rings. The van der Waals surface area contributed by atoms with Crippen molar-refractivity contribution < 1.29 is 19.0 Å². The number of esters is 1. The van der Waals surface area contributed by atoms with Gasteiger partial charge in [0.15, 0.2) is 11.6 Å². The zero-order valence-corrected chi connectivity index (χ0v) is 20.6. The van der Waals surface area contributed by atoms with E-state index >= 15 is 0 Å². The van der Waals surface area contributed by atoms with Gasteiger partial charge in [-0.3, -0.25) is 4.79 Å². The normalized spacial score (nSPS) is 11.8. The van der Waals surface area contributed by atoms with Crippen molar-refractivity contribution in [3.63, 3.8) is 0 Å². The number of hydrogen-bond acceptors (Lipinski definition) is 6. The van der Waals surface area contributed by atoms with Gasteiger partial charge < -0.3 is 14.2 Å². The SMILES string of the molecule is CCCCCOCCCOc1cnc(-c2ccc(OC(=O)CCCCC(C)CC)cc2)nc1. The standard InChI is InChI=1S/C27H40N2O4/c1-4-6-9-17-31-18-10-19-32-25-20-28-27(29-21-25)23-13-15-24(16-14-23)33-26(30)12-8-7-11-22(3)5-2/h13-16,20-22H,4-12,17-19H2,1-3H3. The smallest absolute Gasteiger partial charge is 0.311 e. The largest absolute Gasteiger partial charge is 0.490 e. The average molecular weight is 457 g/mol. The Labute approximate surface area is 199 Å². The predicted molar refractivity (Wildman–Crippen MR) is 131 cm³/mol. The predicted octanol–water partition coefficient (Wildman–Crippen LogP) is 6.63. The molecule has 0 N–H and O–H groups in total. The number of carbonyl (C=O) groups is 1. The zero-order chi connectivity index (χ0) is 23.7. The van der Waals surface area contributed by atoms with Gasteiger partial charge in [0.05, 0.1) is 19.0 Å². The first-order valence-corrected chi connectivity index (χ1v) is 12.5. The molecular weight excluding hydrogens is 416 g/mol. The van der Waals surface area contributed by atoms with Gasteiger partial charge >= 0.3 is 5.97 Å². The third kappa shape index (κ3) is 11.3. The van der Waals surface area contributed by atoms with Gasteiger partial charge in [0.2, 0.25) is 0 Å². The Morgan fingerprint density at radius 2 is 1.61 bits per heavy atom. The Balaban J connectivity index is 1.68. The van der Waals surface area contributed by atoms with Gasteiger partial charge in [0, 0.05) is 31.6 Å². The molecule has 0 saturated heterocycles. The lowest BCUT2D eigenvalue weighted by Crippen LogP contribution is -2.07. The Hall–Kier alpha value is -2.47. The minimum Gasteiger partial charge on any atom is -0.490 e. The van der Waals surface area contributed by atoms with Gasteiger partial charge in [-0.15, -0.1) is 0 Å². The molecule has 1 aromatic carbocycles. The van der Waals surface area contributed by atoms with E-state index in [0.717, 1.165) is 50.2 Å². The molecule has 0 aliphatic heterocycles. The van der Waals surface area contributed by atoms with Crippen LogP contribution >= 0.6 is 0 Å². The Morgan fingerprint density at radius 1 is 0.879 bits per heavy atom. The quantitative estimate of drug-likeness (QED) is 0.151. The topological polar surface area (TPSA) is 70.5 Å². The number of aromatic nitrogens is 2. The number of carbonyl (C=O) groups excluding carboxylic acids is 1. The van der Waals surface area contributed by atoms with Crippen LogP contribution in [0.15, 0.2) is 36.7 Å². The summed E-state index contributed by atoms with van der Waals surface area (Å²) in [6.45, 7) is 8.74. The van der Waals surface area contributed by atoms with Crippen LogP contribution in [0.3, 0.4) is 0 Å². The fourth-order valence-corrected chi connectivity index (χ4v) is 3.27. The minimum absolute atomic E-state index is 0.184. The molecule has 0 bridgehead atoms. The van der Waals surface area contributed by atoms with Crippen LogP contribution < -0.4 is 9.47 Å². The first-order valence-electron chi connectivity index (χ1n) is 12.5. The molecule has 2 rings (SSSR count). The van der Waals surface area contributed by atoms with Crippen molar-refractivity contribution in [3.8, 4) is 22.9 Å². The lowest BCUT2D eigenvalue weighted by atomic mass is 10.0. The highest BCUT2D eigenvalue weighted by molar-refractivity contribution is 5.72. The summed E-state index contributed by atoms with van der Waals surface area (Å²) in [5, 5.41) is 0. The molecule has 0 spiro atoms. The summed E-state index contributed by atoms with van der Waals surface area (Å²) < 4.78 is 16.7. The zero-order valence-electron chi connectivity index (χ0n) is 20.6. The van der Waals surface area contributed by atoms with Gasteiger partial charge in [-0.1, -0.05) is 52.9 Å². The van der Waals surface area contributed by atoms with Crippen molar-refractivity contribution in [3.05, 3.63) is 36.7 Å². The van der Waals surface area contributed by atoms with E-state index in [1.54, 1.807) is 24.5 Å². The van der Waals surface area contributed by atoms with Crippen LogP contribution in [0.5, 0.6) is 11.5 Å². The van der Waals surface area contributed by atoms with Crippen molar-refractivity contribution in [2.45, 2.75) is 78.6 Å². The van der Waals surface area contributed by atoms with E-state index in [4.69, 9.17) is 14.2 Å². The number of benzene rings is 1. The van der Waals surface area contributed by atoms with Crippen LogP contribution in [0.2, 0.25) is 0 Å². The van der Waals surface area contributed by atoms with E-state index in [0.29, 0.717) is 37.0 Å². The molecule has 6 nitrogen and oxygen atoms in total. The molecule has 1 aromatic heterocycles. The Bertz CT molecular complexity index is 778. The van der Waals surface area contributed by atoms with Crippen molar-refractivity contribution >= 4 is 5.97 Å². The van der Waals surface area contributed by atoms with Crippen LogP contribution in [0.25, 0.3) is 11.4 Å². The molecule has 0 saturated carbocycles. The maximum Gasteiger partial charge on any atom is 0.311 e. The highest BCUT2D eigenvalue weighted by Gasteiger charge is 2.08. The molecule has 1 heterocycles. The number of ether oxygens (including phenoxy) is 3. The molecule has 6 heteroatoms. The molecular formula is C27H40N2O4. The number of unbranched alkanes of at least 4 members (excludes halogenated alkanes) is 3. The van der Waals surface area contributed by atoms with Crippen molar-refractivity contribution in [1.82, 2.24) is 9.97 Å². The van der Waals surface area contributed by atoms with Gasteiger partial charge in [-0.05, 0) is 43.0 Å². The van der Waals surface area contributed by atoms with Crippen molar-refractivity contribution in [2.24, 2.45) is 5.92 Å². The van der Waals surface area contributed by atoms with Gasteiger partial charge in [0.25, 0.3) is 0 Å². The number of hydrogen-bond donors (Lipinski definition) is 0. The highest BCUT2D eigenvalue weighted by atomic mass is 16.5. The highest BCUT2D eigenvalue weighted by Crippen LogP contribution is 2.21.